The molecule has 1 aliphatic carbocycles. The molecule has 184 valence electrons. The Bertz CT molecular complexity index is 1310. The molecule has 1 aromatic heterocycles. The molecule has 0 bridgehead atoms. The Morgan fingerprint density at radius 2 is 1.69 bits per heavy atom. The maximum atomic E-state index is 13.1. The number of benzene rings is 3. The molecule has 1 heterocycles. The Labute approximate surface area is 217 Å². The number of carbonyl (C=O) groups excluding carboxylic acids is 1. The highest BCUT2D eigenvalue weighted by Crippen LogP contribution is 2.31. The minimum atomic E-state index is -0.275. The number of aromatic nitrogens is 3. The van der Waals surface area contributed by atoms with Gasteiger partial charge in [-0.15, -0.1) is 10.2 Å². The van der Waals surface area contributed by atoms with Crippen LogP contribution in [0.2, 0.25) is 0 Å². The van der Waals surface area contributed by atoms with Crippen LogP contribution in [-0.2, 0) is 17.0 Å². The Balaban J connectivity index is 1.51. The first-order valence-corrected chi connectivity index (χ1v) is 13.6. The lowest BCUT2D eigenvalue weighted by Gasteiger charge is -2.27. The normalized spacial score (nSPS) is 14.3. The van der Waals surface area contributed by atoms with E-state index in [2.05, 4.69) is 94.6 Å². The zero-order valence-corrected chi connectivity index (χ0v) is 21.7. The van der Waals surface area contributed by atoms with Gasteiger partial charge in [-0.3, -0.25) is 9.36 Å². The van der Waals surface area contributed by atoms with Crippen molar-refractivity contribution in [1.82, 2.24) is 20.1 Å². The molecule has 1 N–H and O–H groups in total. The van der Waals surface area contributed by atoms with E-state index in [1.807, 2.05) is 18.2 Å². The summed E-state index contributed by atoms with van der Waals surface area (Å²) in [6, 6.07) is 27.0. The summed E-state index contributed by atoms with van der Waals surface area (Å²) in [4.78, 5) is 13.1. The smallest absolute Gasteiger partial charge is 0.223 e. The third kappa shape index (κ3) is 5.71. The monoisotopic (exact) mass is 496 g/mol. The maximum Gasteiger partial charge on any atom is 0.223 e. The molecule has 1 atom stereocenters. The van der Waals surface area contributed by atoms with Crippen LogP contribution in [0.4, 0.5) is 0 Å². The van der Waals surface area contributed by atoms with Gasteiger partial charge in [-0.05, 0) is 56.4 Å². The van der Waals surface area contributed by atoms with E-state index < -0.39 is 0 Å². The van der Waals surface area contributed by atoms with Gasteiger partial charge in [0.25, 0.3) is 0 Å². The molecular formula is C30H32N4OS. The fourth-order valence-electron chi connectivity index (χ4n) is 4.50. The number of nitrogens with zero attached hydrogens (tertiary/aromatic N) is 3. The molecule has 1 unspecified atom stereocenters. The lowest BCUT2D eigenvalue weighted by atomic mass is 9.84. The van der Waals surface area contributed by atoms with Crippen LogP contribution < -0.4 is 5.32 Å². The Morgan fingerprint density at radius 3 is 2.39 bits per heavy atom. The number of hydrogen-bond acceptors (Lipinski definition) is 4. The van der Waals surface area contributed by atoms with E-state index in [9.17, 15) is 4.79 Å². The molecule has 0 aliphatic heterocycles. The van der Waals surface area contributed by atoms with Crippen molar-refractivity contribution in [3.05, 3.63) is 107 Å². The highest BCUT2D eigenvalue weighted by atomic mass is 32.2. The van der Waals surface area contributed by atoms with Gasteiger partial charge in [0.1, 0.15) is 0 Å². The molecule has 1 amide bonds. The zero-order valence-electron chi connectivity index (χ0n) is 20.9. The number of rotatable bonds is 9. The molecule has 0 radical (unpaired) electrons. The molecule has 0 spiro atoms. The second kappa shape index (κ2) is 11.1. The van der Waals surface area contributed by atoms with Gasteiger partial charge >= 0.3 is 0 Å². The van der Waals surface area contributed by atoms with Crippen molar-refractivity contribution in [2.24, 2.45) is 5.92 Å². The predicted molar refractivity (Wildman–Crippen MR) is 145 cm³/mol. The first-order valence-electron chi connectivity index (χ1n) is 12.6. The topological polar surface area (TPSA) is 59.8 Å². The van der Waals surface area contributed by atoms with Gasteiger partial charge in [-0.25, -0.2) is 0 Å². The quantitative estimate of drug-likeness (QED) is 0.273. The number of hydrogen-bond donors (Lipinski definition) is 1. The zero-order chi connectivity index (χ0) is 24.9. The summed E-state index contributed by atoms with van der Waals surface area (Å²) in [6.07, 6.45) is 3.71. The summed E-state index contributed by atoms with van der Waals surface area (Å²) in [5, 5.41) is 13.5. The molecule has 3 aromatic carbocycles. The summed E-state index contributed by atoms with van der Waals surface area (Å²) < 4.78 is 2.12. The molecule has 5 rings (SSSR count). The van der Waals surface area contributed by atoms with Crippen molar-refractivity contribution in [2.75, 3.05) is 0 Å². The van der Waals surface area contributed by atoms with E-state index in [1.54, 1.807) is 11.8 Å². The van der Waals surface area contributed by atoms with E-state index in [4.69, 9.17) is 0 Å². The lowest BCUT2D eigenvalue weighted by Crippen LogP contribution is -2.38. The Morgan fingerprint density at radius 1 is 0.944 bits per heavy atom. The third-order valence-electron chi connectivity index (χ3n) is 6.79. The van der Waals surface area contributed by atoms with Crippen molar-refractivity contribution in [2.45, 2.75) is 56.5 Å². The van der Waals surface area contributed by atoms with Crippen LogP contribution in [0.25, 0.3) is 5.69 Å². The average Bonchev–Trinajstić information content (AvgIpc) is 3.26. The molecular weight excluding hydrogens is 464 g/mol. The van der Waals surface area contributed by atoms with E-state index in [0.717, 1.165) is 47.2 Å². The summed E-state index contributed by atoms with van der Waals surface area (Å²) in [7, 11) is 0. The van der Waals surface area contributed by atoms with E-state index in [1.165, 1.54) is 16.7 Å². The Kier molecular flexibility index (Phi) is 7.52. The van der Waals surface area contributed by atoms with Gasteiger partial charge in [0.15, 0.2) is 11.0 Å². The molecule has 0 saturated heterocycles. The number of amides is 1. The minimum absolute atomic E-state index is 0.106. The molecule has 5 nitrogen and oxygen atoms in total. The number of aryl methyl sites for hydroxylation is 2. The van der Waals surface area contributed by atoms with Crippen LogP contribution in [0.3, 0.4) is 0 Å². The summed E-state index contributed by atoms with van der Waals surface area (Å²) >= 11 is 1.67. The van der Waals surface area contributed by atoms with Crippen molar-refractivity contribution in [3.63, 3.8) is 0 Å². The molecule has 4 aromatic rings. The third-order valence-corrected chi connectivity index (χ3v) is 7.79. The minimum Gasteiger partial charge on any atom is -0.345 e. The summed E-state index contributed by atoms with van der Waals surface area (Å²) in [6.45, 7) is 4.20. The fourth-order valence-corrected chi connectivity index (χ4v) is 5.41. The first-order chi connectivity index (χ1) is 17.6. The van der Waals surface area contributed by atoms with Gasteiger partial charge in [-0.2, -0.15) is 0 Å². The average molecular weight is 497 g/mol. The van der Waals surface area contributed by atoms with Crippen molar-refractivity contribution < 1.29 is 4.79 Å². The first kappa shape index (κ1) is 24.3. The highest BCUT2D eigenvalue weighted by Gasteiger charge is 2.30. The van der Waals surface area contributed by atoms with Crippen LogP contribution >= 0.6 is 11.8 Å². The van der Waals surface area contributed by atoms with Crippen molar-refractivity contribution in [1.29, 1.82) is 0 Å². The van der Waals surface area contributed by atoms with Gasteiger partial charge < -0.3 is 5.32 Å². The Hall–Kier alpha value is -3.38. The largest absolute Gasteiger partial charge is 0.345 e. The van der Waals surface area contributed by atoms with Crippen LogP contribution in [-0.4, -0.2) is 20.7 Å². The molecule has 36 heavy (non-hydrogen) atoms. The lowest BCUT2D eigenvalue weighted by molar-refractivity contribution is -0.128. The van der Waals surface area contributed by atoms with Crippen molar-refractivity contribution in [3.8, 4) is 5.69 Å². The van der Waals surface area contributed by atoms with Gasteiger partial charge in [0.05, 0.1) is 6.04 Å². The number of carbonyl (C=O) groups is 1. The summed E-state index contributed by atoms with van der Waals surface area (Å²) in [5.74, 6) is 1.79. The molecule has 1 fully saturated rings. The maximum absolute atomic E-state index is 13.1. The van der Waals surface area contributed by atoms with E-state index >= 15 is 0 Å². The van der Waals surface area contributed by atoms with Gasteiger partial charge in [0.2, 0.25) is 5.91 Å². The van der Waals surface area contributed by atoms with Crippen molar-refractivity contribution >= 4 is 17.7 Å². The van der Waals surface area contributed by atoms with Crippen LogP contribution in [0.5, 0.6) is 0 Å². The second-order valence-electron chi connectivity index (χ2n) is 9.67. The SMILES string of the molecule is Cc1ccc(-n2c(SCc3cccc(C)c3)nnc2C(Cc2ccccc2)NC(=O)C2CCC2)cc1. The molecule has 6 heteroatoms. The highest BCUT2D eigenvalue weighted by molar-refractivity contribution is 7.98. The van der Waals surface area contributed by atoms with Crippen LogP contribution in [0.1, 0.15) is 53.4 Å². The molecule has 1 saturated carbocycles. The second-order valence-corrected chi connectivity index (χ2v) is 10.6. The number of thioether (sulfide) groups is 1. The standard InChI is InChI=1S/C30H32N4OS/c1-21-14-16-26(17-15-21)34-28(32-33-30(34)36-20-24-11-6-8-22(2)18-24)27(19-23-9-4-3-5-10-23)31-29(35)25-12-7-13-25/h3-6,8-11,14-18,25,27H,7,12-13,19-20H2,1-2H3,(H,31,35). The van der Waals surface area contributed by atoms with Crippen LogP contribution in [0.15, 0.2) is 84.0 Å². The van der Waals surface area contributed by atoms with E-state index in [0.29, 0.717) is 6.42 Å². The molecule has 1 aliphatic rings. The van der Waals surface area contributed by atoms with Crippen LogP contribution in [0, 0.1) is 19.8 Å². The van der Waals surface area contributed by atoms with Gasteiger partial charge in [-0.1, -0.05) is 96.0 Å². The fraction of sp³-hybridized carbons (Fsp3) is 0.300. The van der Waals surface area contributed by atoms with Gasteiger partial charge in [0, 0.05) is 17.4 Å². The predicted octanol–water partition coefficient (Wildman–Crippen LogP) is 6.38. The number of nitrogens with one attached hydrogen (secondary N) is 1. The van der Waals surface area contributed by atoms with E-state index in [-0.39, 0.29) is 17.9 Å². The summed E-state index contributed by atoms with van der Waals surface area (Å²) in [5.41, 5.74) is 5.85.